The second-order valence-corrected chi connectivity index (χ2v) is 3.38. The topological polar surface area (TPSA) is 44.8 Å². The molecule has 7 heteroatoms. The second kappa shape index (κ2) is 1.64. The van der Waals surface area contributed by atoms with Gasteiger partial charge in [-0.2, -0.15) is 0 Å². The van der Waals surface area contributed by atoms with Crippen molar-refractivity contribution in [2.24, 2.45) is 0 Å². The highest BCUT2D eigenvalue weighted by Gasteiger charge is 2.31. The molecule has 1 saturated heterocycles. The van der Waals surface area contributed by atoms with E-state index in [1.54, 1.807) is 0 Å². The first-order chi connectivity index (χ1) is 3.21. The van der Waals surface area contributed by atoms with Crippen molar-refractivity contribution in [2.45, 2.75) is 0 Å². The number of hydrogen-bond acceptors (Lipinski definition) is 4. The van der Waals surface area contributed by atoms with Crippen molar-refractivity contribution in [2.75, 3.05) is 0 Å². The maximum Gasteiger partial charge on any atom is 0.531 e. The maximum absolute atomic E-state index is 11.6. The van der Waals surface area contributed by atoms with Gasteiger partial charge in [0.15, 0.2) is 0 Å². The molecule has 1 aliphatic rings. The average Bonchev–Trinajstić information content (AvgIpc) is 1.84. The zero-order chi connectivity index (χ0) is 5.33. The molecule has 0 aromatic rings. The van der Waals surface area contributed by atoms with Gasteiger partial charge in [-0.1, -0.05) is 0 Å². The molecule has 0 aromatic heterocycles. The fourth-order valence-electron chi connectivity index (χ4n) is 0.190. The maximum atomic E-state index is 11.6. The van der Waals surface area contributed by atoms with Crippen LogP contribution < -0.4 is 0 Å². The highest BCUT2D eigenvalue weighted by molar-refractivity contribution is 7.49. The van der Waals surface area contributed by atoms with Crippen molar-refractivity contribution >= 4 is 17.9 Å². The highest BCUT2D eigenvalue weighted by atomic mass is 31.2. The summed E-state index contributed by atoms with van der Waals surface area (Å²) >= 11 is 0. The summed E-state index contributed by atoms with van der Waals surface area (Å²) in [6, 6.07) is 0. The molecule has 0 radical (unpaired) electrons. The minimum absolute atomic E-state index is 1.42. The Morgan fingerprint density at radius 1 is 1.71 bits per heavy atom. The lowest BCUT2D eigenvalue weighted by molar-refractivity contribution is -0.0906. The van der Waals surface area contributed by atoms with Crippen molar-refractivity contribution in [1.29, 1.82) is 0 Å². The Kier molecular flexibility index (Phi) is 1.27. The third kappa shape index (κ3) is 1.32. The fourth-order valence-corrected chi connectivity index (χ4v) is 1.71. The van der Waals surface area contributed by atoms with E-state index >= 15 is 0 Å². The van der Waals surface area contributed by atoms with E-state index in [0.717, 1.165) is 0 Å². The quantitative estimate of drug-likeness (QED) is 0.273. The molecule has 0 N–H and O–H groups in total. The third-order valence-corrected chi connectivity index (χ3v) is 2.75. The SMILES string of the molecule is O=P1(F)OO[SiH2]O1. The van der Waals surface area contributed by atoms with Crippen LogP contribution >= 0.6 is 7.91 Å². The van der Waals surface area contributed by atoms with E-state index in [4.69, 9.17) is 0 Å². The first kappa shape index (κ1) is 5.39. The van der Waals surface area contributed by atoms with Crippen LogP contribution in [0.4, 0.5) is 4.20 Å². The van der Waals surface area contributed by atoms with Gasteiger partial charge >= 0.3 is 17.9 Å². The van der Waals surface area contributed by atoms with Crippen molar-refractivity contribution in [3.63, 3.8) is 0 Å². The van der Waals surface area contributed by atoms with Crippen molar-refractivity contribution < 1.29 is 22.2 Å². The predicted octanol–water partition coefficient (Wildman–Crippen LogP) is 0.0412. The number of rotatable bonds is 0. The van der Waals surface area contributed by atoms with Crippen molar-refractivity contribution in [1.82, 2.24) is 0 Å². The first-order valence-corrected chi connectivity index (χ1v) is 4.05. The normalized spacial score (nSPS) is 45.3. The molecule has 1 rings (SSSR count). The van der Waals surface area contributed by atoms with Crippen molar-refractivity contribution in [3.05, 3.63) is 0 Å². The standard InChI is InChI=1S/FH2O4PSi/c1-6(2)3-4-7-5-6/h7H2. The lowest BCUT2D eigenvalue weighted by Crippen LogP contribution is -1.82. The van der Waals surface area contributed by atoms with Gasteiger partial charge in [0.05, 0.1) is 0 Å². The van der Waals surface area contributed by atoms with Gasteiger partial charge in [-0.3, -0.25) is 0 Å². The van der Waals surface area contributed by atoms with Gasteiger partial charge in [0.1, 0.15) is 0 Å². The molecular formula is H2FO4PSi. The van der Waals surface area contributed by atoms with Crippen LogP contribution in [-0.2, 0) is 18.0 Å². The van der Waals surface area contributed by atoms with Crippen LogP contribution in [0.2, 0.25) is 0 Å². The molecule has 1 heterocycles. The highest BCUT2D eigenvalue weighted by Crippen LogP contribution is 2.52. The minimum Gasteiger partial charge on any atom is -0.300 e. The molecule has 1 atom stereocenters. The van der Waals surface area contributed by atoms with E-state index in [0.29, 0.717) is 0 Å². The molecule has 0 saturated carbocycles. The van der Waals surface area contributed by atoms with E-state index in [1.807, 2.05) is 0 Å². The molecule has 0 amide bonds. The monoisotopic (exact) mass is 144 g/mol. The van der Waals surface area contributed by atoms with Gasteiger partial charge in [0.2, 0.25) is 0 Å². The molecule has 0 aromatic carbocycles. The summed E-state index contributed by atoms with van der Waals surface area (Å²) in [6.45, 7) is 0. The van der Waals surface area contributed by atoms with Gasteiger partial charge in [0.25, 0.3) is 0 Å². The fraction of sp³-hybridized carbons (Fsp3) is 0. The van der Waals surface area contributed by atoms with Crippen LogP contribution in [0.5, 0.6) is 0 Å². The first-order valence-electron chi connectivity index (χ1n) is 1.46. The molecule has 1 unspecified atom stereocenters. The predicted molar refractivity (Wildman–Crippen MR) is 20.5 cm³/mol. The number of halogens is 1. The van der Waals surface area contributed by atoms with Gasteiger partial charge in [-0.05, 0) is 0 Å². The molecule has 0 aliphatic carbocycles. The molecule has 0 bridgehead atoms. The Bertz CT molecular complexity index is 102. The van der Waals surface area contributed by atoms with Gasteiger partial charge in [0, 0.05) is 0 Å². The van der Waals surface area contributed by atoms with Crippen LogP contribution in [0.25, 0.3) is 0 Å². The Morgan fingerprint density at radius 2 is 2.43 bits per heavy atom. The van der Waals surface area contributed by atoms with Gasteiger partial charge < -0.3 is 4.21 Å². The summed E-state index contributed by atoms with van der Waals surface area (Å²) in [4.78, 5) is 0. The van der Waals surface area contributed by atoms with Crippen LogP contribution in [0.3, 0.4) is 0 Å². The summed E-state index contributed by atoms with van der Waals surface area (Å²) in [5, 5.41) is 0. The minimum atomic E-state index is -4.20. The Morgan fingerprint density at radius 3 is 2.57 bits per heavy atom. The molecule has 42 valence electrons. The lowest BCUT2D eigenvalue weighted by Gasteiger charge is -1.88. The van der Waals surface area contributed by atoms with Gasteiger partial charge in [-0.25, -0.2) is 9.14 Å². The molecule has 1 aliphatic heterocycles. The Hall–Kier alpha value is 0.257. The molecular weight excluding hydrogens is 142 g/mol. The average molecular weight is 144 g/mol. The summed E-state index contributed by atoms with van der Waals surface area (Å²) in [5.74, 6) is 0. The zero-order valence-electron chi connectivity index (χ0n) is 3.17. The zero-order valence-corrected chi connectivity index (χ0v) is 5.47. The summed E-state index contributed by atoms with van der Waals surface area (Å²) in [7, 11) is -5.62. The smallest absolute Gasteiger partial charge is 0.300 e. The largest absolute Gasteiger partial charge is 0.531 e. The van der Waals surface area contributed by atoms with E-state index in [2.05, 4.69) is 13.5 Å². The summed E-state index contributed by atoms with van der Waals surface area (Å²) in [5.41, 5.74) is 0. The van der Waals surface area contributed by atoms with Gasteiger partial charge in [-0.15, -0.1) is 8.87 Å². The Balaban J connectivity index is 2.57. The van der Waals surface area contributed by atoms with Crippen LogP contribution in [0.15, 0.2) is 0 Å². The second-order valence-electron chi connectivity index (χ2n) is 0.870. The van der Waals surface area contributed by atoms with Crippen LogP contribution in [-0.4, -0.2) is 10.0 Å². The van der Waals surface area contributed by atoms with E-state index in [-0.39, 0.29) is 0 Å². The van der Waals surface area contributed by atoms with E-state index in [9.17, 15) is 8.76 Å². The van der Waals surface area contributed by atoms with E-state index < -0.39 is 17.9 Å². The lowest BCUT2D eigenvalue weighted by atomic mass is 14.9. The summed E-state index contributed by atoms with van der Waals surface area (Å²) in [6.07, 6.45) is 0. The molecule has 7 heavy (non-hydrogen) atoms. The number of hydrogen-bond donors (Lipinski definition) is 0. The molecule has 1 fully saturated rings. The van der Waals surface area contributed by atoms with Crippen molar-refractivity contribution in [3.8, 4) is 0 Å². The third-order valence-electron chi connectivity index (χ3n) is 0.397. The molecule has 0 spiro atoms. The summed E-state index contributed by atoms with van der Waals surface area (Å²) < 4.78 is 32.9. The van der Waals surface area contributed by atoms with Crippen LogP contribution in [0, 0.1) is 0 Å². The Labute approximate surface area is 41.2 Å². The molecule has 4 nitrogen and oxygen atoms in total. The van der Waals surface area contributed by atoms with Crippen LogP contribution in [0.1, 0.15) is 0 Å². The van der Waals surface area contributed by atoms with E-state index in [1.165, 1.54) is 0 Å².